The van der Waals surface area contributed by atoms with Crippen LogP contribution in [0.15, 0.2) is 65.8 Å². The van der Waals surface area contributed by atoms with Gasteiger partial charge in [-0.25, -0.2) is 17.4 Å². The molecule has 4 rings (SSSR count). The number of benzene rings is 1. The minimum Gasteiger partial charge on any atom is -0.422 e. The average Bonchev–Trinajstić information content (AvgIpc) is 3.34. The maximum Gasteiger partial charge on any atom is 0.394 e. The quantitative estimate of drug-likeness (QED) is 0.491. The largest absolute Gasteiger partial charge is 0.422 e. The van der Waals surface area contributed by atoms with E-state index in [1.807, 2.05) is 25.1 Å². The van der Waals surface area contributed by atoms with Crippen molar-refractivity contribution in [1.82, 2.24) is 8.96 Å². The second-order valence-corrected chi connectivity index (χ2v) is 9.20. The van der Waals surface area contributed by atoms with Crippen LogP contribution in [0.1, 0.15) is 5.56 Å². The summed E-state index contributed by atoms with van der Waals surface area (Å²) in [6.07, 6.45) is 3.20. The van der Waals surface area contributed by atoms with Gasteiger partial charge < -0.3 is 9.88 Å². The van der Waals surface area contributed by atoms with E-state index in [9.17, 15) is 8.42 Å². The molecule has 0 aliphatic rings. The molecule has 0 aliphatic carbocycles. The second-order valence-electron chi connectivity index (χ2n) is 6.30. The van der Waals surface area contributed by atoms with Crippen LogP contribution in [-0.2, 0) is 14.7 Å². The summed E-state index contributed by atoms with van der Waals surface area (Å²) in [7, 11) is -1.66. The highest BCUT2D eigenvalue weighted by atomic mass is 32.2. The van der Waals surface area contributed by atoms with E-state index < -0.39 is 10.0 Å². The van der Waals surface area contributed by atoms with Gasteiger partial charge in [0.2, 0.25) is 0 Å². The number of aryl methyl sites for hydroxylation is 1. The minimum absolute atomic E-state index is 0.241. The molecule has 4 aromatic rings. The van der Waals surface area contributed by atoms with Crippen LogP contribution >= 0.6 is 11.3 Å². The highest BCUT2D eigenvalue weighted by Crippen LogP contribution is 2.36. The Morgan fingerprint density at radius 3 is 2.64 bits per heavy atom. The molecule has 0 aliphatic heterocycles. The maximum absolute atomic E-state index is 13.1. The molecule has 1 N–H and O–H groups in total. The van der Waals surface area contributed by atoms with E-state index in [4.69, 9.17) is 4.65 Å². The van der Waals surface area contributed by atoms with Gasteiger partial charge in [-0.05, 0) is 43.3 Å². The van der Waals surface area contributed by atoms with E-state index in [0.717, 1.165) is 26.4 Å². The summed E-state index contributed by atoms with van der Waals surface area (Å²) in [5, 5.41) is 4.94. The fourth-order valence-corrected chi connectivity index (χ4v) is 5.20. The lowest BCUT2D eigenvalue weighted by molar-refractivity contribution is 0.446. The van der Waals surface area contributed by atoms with Gasteiger partial charge in [0.15, 0.2) is 5.65 Å². The van der Waals surface area contributed by atoms with Crippen LogP contribution in [0.4, 0.5) is 5.00 Å². The summed E-state index contributed by atoms with van der Waals surface area (Å²) in [5.74, 6) is 0. The number of hydrogen-bond acceptors (Lipinski definition) is 6. The van der Waals surface area contributed by atoms with Crippen molar-refractivity contribution < 1.29 is 13.1 Å². The molecule has 0 fully saturated rings. The molecule has 1 aromatic carbocycles. The van der Waals surface area contributed by atoms with Crippen LogP contribution in [0.25, 0.3) is 21.5 Å². The summed E-state index contributed by atoms with van der Waals surface area (Å²) in [4.78, 5) is 5.61. The van der Waals surface area contributed by atoms with E-state index >= 15 is 0 Å². The first kappa shape index (κ1) is 18.7. The van der Waals surface area contributed by atoms with Crippen molar-refractivity contribution in [3.8, 4) is 10.4 Å². The Bertz CT molecular complexity index is 1230. The van der Waals surface area contributed by atoms with E-state index in [1.165, 1.54) is 3.97 Å². The van der Waals surface area contributed by atoms with Gasteiger partial charge in [-0.3, -0.25) is 0 Å². The first-order valence-corrected chi connectivity index (χ1v) is 10.9. The zero-order valence-electron chi connectivity index (χ0n) is 15.4. The number of pyridine rings is 1. The van der Waals surface area contributed by atoms with Gasteiger partial charge in [0, 0.05) is 35.3 Å². The predicted molar refractivity (Wildman–Crippen MR) is 115 cm³/mol. The molecule has 3 aromatic heterocycles. The van der Waals surface area contributed by atoms with Gasteiger partial charge in [0.25, 0.3) is 10.0 Å². The molecule has 0 atom stereocenters. The van der Waals surface area contributed by atoms with Crippen molar-refractivity contribution in [2.75, 3.05) is 12.3 Å². The molecule has 3 heterocycles. The third kappa shape index (κ3) is 3.32. The SMILES string of the molecule is COBNc1ccc(-c2ccnc3c2ccn3S(=O)(=O)c2ccc(C)cc2)s1. The molecule has 0 saturated carbocycles. The summed E-state index contributed by atoms with van der Waals surface area (Å²) in [6, 6.07) is 14.5. The highest BCUT2D eigenvalue weighted by molar-refractivity contribution is 7.90. The summed E-state index contributed by atoms with van der Waals surface area (Å²) in [6.45, 7) is 1.92. The van der Waals surface area contributed by atoms with Crippen LogP contribution in [0.2, 0.25) is 0 Å². The van der Waals surface area contributed by atoms with Crippen molar-refractivity contribution in [3.05, 3.63) is 66.5 Å². The Hall–Kier alpha value is -2.62. The van der Waals surface area contributed by atoms with Crippen molar-refractivity contribution in [3.63, 3.8) is 0 Å². The fourth-order valence-electron chi connectivity index (χ4n) is 2.97. The average molecular weight is 411 g/mol. The molecule has 0 radical (unpaired) electrons. The first-order valence-electron chi connectivity index (χ1n) is 8.62. The molecule has 142 valence electrons. The number of aromatic nitrogens is 2. The molecule has 0 amide bonds. The highest BCUT2D eigenvalue weighted by Gasteiger charge is 2.21. The molecule has 0 unspecified atom stereocenters. The van der Waals surface area contributed by atoms with Crippen LogP contribution in [-0.4, -0.2) is 32.1 Å². The lowest BCUT2D eigenvalue weighted by Gasteiger charge is -2.08. The van der Waals surface area contributed by atoms with E-state index in [1.54, 1.807) is 61.2 Å². The van der Waals surface area contributed by atoms with Gasteiger partial charge in [0.05, 0.1) is 9.90 Å². The van der Waals surface area contributed by atoms with E-state index in [-0.39, 0.29) is 4.90 Å². The van der Waals surface area contributed by atoms with Crippen molar-refractivity contribution in [2.24, 2.45) is 0 Å². The minimum atomic E-state index is -3.72. The fraction of sp³-hybridized carbons (Fsp3) is 0.105. The Morgan fingerprint density at radius 2 is 1.89 bits per heavy atom. The standard InChI is InChI=1S/C19H18BN3O3S2/c1-13-3-5-14(6-4-13)28(24,25)23-12-10-16-15(9-11-21-19(16)23)17-7-8-18(27-17)22-20-26-2/h3-12,20,22H,1-2H3. The Balaban J connectivity index is 1.79. The lowest BCUT2D eigenvalue weighted by atomic mass is 10.1. The monoisotopic (exact) mass is 411 g/mol. The van der Waals surface area contributed by atoms with Gasteiger partial charge in [-0.15, -0.1) is 11.3 Å². The van der Waals surface area contributed by atoms with Gasteiger partial charge in [-0.1, -0.05) is 17.7 Å². The molecule has 28 heavy (non-hydrogen) atoms. The predicted octanol–water partition coefficient (Wildman–Crippen LogP) is 3.64. The maximum atomic E-state index is 13.1. The van der Waals surface area contributed by atoms with Crippen LogP contribution in [0, 0.1) is 6.92 Å². The zero-order chi connectivity index (χ0) is 19.7. The molecule has 0 saturated heterocycles. The number of nitrogens with zero attached hydrogens (tertiary/aromatic N) is 2. The number of thiophene rings is 1. The molecule has 0 bridgehead atoms. The van der Waals surface area contributed by atoms with Crippen molar-refractivity contribution in [2.45, 2.75) is 11.8 Å². The van der Waals surface area contributed by atoms with Crippen LogP contribution in [0.5, 0.6) is 0 Å². The van der Waals surface area contributed by atoms with Gasteiger partial charge >= 0.3 is 7.62 Å². The topological polar surface area (TPSA) is 73.2 Å². The number of rotatable bonds is 6. The van der Waals surface area contributed by atoms with Gasteiger partial charge in [0.1, 0.15) is 0 Å². The lowest BCUT2D eigenvalue weighted by Crippen LogP contribution is -2.12. The Labute approximate surface area is 168 Å². The summed E-state index contributed by atoms with van der Waals surface area (Å²) >= 11 is 1.58. The van der Waals surface area contributed by atoms with Crippen LogP contribution in [0.3, 0.4) is 0 Å². The van der Waals surface area contributed by atoms with Crippen molar-refractivity contribution >= 4 is 45.0 Å². The zero-order valence-corrected chi connectivity index (χ0v) is 17.0. The Kier molecular flexibility index (Phi) is 4.97. The number of fused-ring (bicyclic) bond motifs is 1. The Morgan fingerprint density at radius 1 is 1.11 bits per heavy atom. The molecular formula is C19H18BN3O3S2. The number of hydrogen-bond donors (Lipinski definition) is 1. The third-order valence-electron chi connectivity index (χ3n) is 4.39. The second kappa shape index (κ2) is 7.42. The molecule has 9 heteroatoms. The summed E-state index contributed by atoms with van der Waals surface area (Å²) < 4.78 is 32.5. The van der Waals surface area contributed by atoms with Gasteiger partial charge in [-0.2, -0.15) is 0 Å². The van der Waals surface area contributed by atoms with E-state index in [0.29, 0.717) is 13.3 Å². The number of nitrogens with one attached hydrogen (secondary N) is 1. The normalized spacial score (nSPS) is 11.6. The first-order chi connectivity index (χ1) is 13.5. The van der Waals surface area contributed by atoms with E-state index in [2.05, 4.69) is 10.2 Å². The van der Waals surface area contributed by atoms with Crippen LogP contribution < -0.4 is 5.23 Å². The number of anilines is 1. The molecule has 6 nitrogen and oxygen atoms in total. The summed E-state index contributed by atoms with van der Waals surface area (Å²) in [5.41, 5.74) is 2.36. The molecule has 0 spiro atoms. The molecular weight excluding hydrogens is 393 g/mol. The van der Waals surface area contributed by atoms with Crippen molar-refractivity contribution in [1.29, 1.82) is 0 Å². The smallest absolute Gasteiger partial charge is 0.394 e. The third-order valence-corrected chi connectivity index (χ3v) is 7.15.